The van der Waals surface area contributed by atoms with Crippen LogP contribution in [0.3, 0.4) is 0 Å². The Balaban J connectivity index is 1.81. The van der Waals surface area contributed by atoms with Gasteiger partial charge in [-0.25, -0.2) is 0 Å². The molecule has 3 nitrogen and oxygen atoms in total. The molecule has 1 heterocycles. The third-order valence-electron chi connectivity index (χ3n) is 3.15. The van der Waals surface area contributed by atoms with Crippen LogP contribution in [0.2, 0.25) is 0 Å². The molecule has 0 bridgehead atoms. The highest BCUT2D eigenvalue weighted by Gasteiger charge is 2.27. The zero-order chi connectivity index (χ0) is 11.0. The second-order valence-electron chi connectivity index (χ2n) is 4.43. The van der Waals surface area contributed by atoms with Crippen LogP contribution < -0.4 is 4.84 Å². The summed E-state index contributed by atoms with van der Waals surface area (Å²) in [5.41, 5.74) is 1.35. The van der Waals surface area contributed by atoms with E-state index in [0.717, 1.165) is 30.6 Å². The van der Waals surface area contributed by atoms with Gasteiger partial charge in [0.2, 0.25) is 0 Å². The summed E-state index contributed by atoms with van der Waals surface area (Å²) < 4.78 is 0. The van der Waals surface area contributed by atoms with E-state index in [1.54, 1.807) is 0 Å². The molecule has 0 atom stereocenters. The second kappa shape index (κ2) is 3.81. The number of aliphatic imine (C=N–C) groups is 1. The van der Waals surface area contributed by atoms with Crippen molar-refractivity contribution in [3.05, 3.63) is 29.8 Å². The van der Waals surface area contributed by atoms with E-state index in [-0.39, 0.29) is 0 Å². The zero-order valence-electron chi connectivity index (χ0n) is 9.52. The maximum atomic E-state index is 5.92. The van der Waals surface area contributed by atoms with Crippen LogP contribution in [0.5, 0.6) is 5.75 Å². The normalized spacial score (nSPS) is 19.8. The predicted octanol–water partition coefficient (Wildman–Crippen LogP) is 2.59. The monoisotopic (exact) mass is 216 g/mol. The highest BCUT2D eigenvalue weighted by molar-refractivity contribution is 5.80. The van der Waals surface area contributed by atoms with Crippen LogP contribution in [0, 0.1) is 0 Å². The molecule has 3 heteroatoms. The molecule has 0 saturated heterocycles. The van der Waals surface area contributed by atoms with Gasteiger partial charge in [0.25, 0.3) is 0 Å². The van der Waals surface area contributed by atoms with E-state index in [4.69, 9.17) is 4.84 Å². The van der Waals surface area contributed by atoms with Crippen LogP contribution in [0.4, 0.5) is 0 Å². The summed E-state index contributed by atoms with van der Waals surface area (Å²) in [6.07, 6.45) is 2.60. The SMILES string of the molecule is CC1=NCCN1Oc1ccccc1C1CC1. The Hall–Kier alpha value is -1.51. The fourth-order valence-electron chi connectivity index (χ4n) is 2.07. The summed E-state index contributed by atoms with van der Waals surface area (Å²) in [6, 6.07) is 8.35. The lowest BCUT2D eigenvalue weighted by Crippen LogP contribution is -2.29. The molecule has 2 aliphatic rings. The maximum Gasteiger partial charge on any atom is 0.158 e. The number of hydrogen-bond acceptors (Lipinski definition) is 3. The summed E-state index contributed by atoms with van der Waals surface area (Å²) in [4.78, 5) is 10.2. The second-order valence-corrected chi connectivity index (χ2v) is 4.43. The first kappa shape index (κ1) is 9.70. The molecule has 1 fully saturated rings. The summed E-state index contributed by atoms with van der Waals surface area (Å²) >= 11 is 0. The van der Waals surface area contributed by atoms with Gasteiger partial charge in [-0.15, -0.1) is 0 Å². The number of para-hydroxylation sites is 1. The Bertz CT molecular complexity index is 424. The molecule has 0 spiro atoms. The molecule has 1 aliphatic carbocycles. The minimum Gasteiger partial charge on any atom is -0.378 e. The van der Waals surface area contributed by atoms with Gasteiger partial charge in [0.15, 0.2) is 5.75 Å². The van der Waals surface area contributed by atoms with Gasteiger partial charge in [0, 0.05) is 5.56 Å². The minimum atomic E-state index is 0.719. The first-order valence-electron chi connectivity index (χ1n) is 5.90. The smallest absolute Gasteiger partial charge is 0.158 e. The number of rotatable bonds is 3. The molecule has 0 amide bonds. The van der Waals surface area contributed by atoms with Gasteiger partial charge in [0.05, 0.1) is 13.1 Å². The zero-order valence-corrected chi connectivity index (χ0v) is 9.52. The number of benzene rings is 1. The van der Waals surface area contributed by atoms with Crippen molar-refractivity contribution in [2.75, 3.05) is 13.1 Å². The lowest BCUT2D eigenvalue weighted by Gasteiger charge is -2.20. The van der Waals surface area contributed by atoms with Gasteiger partial charge in [-0.1, -0.05) is 18.2 Å². The van der Waals surface area contributed by atoms with Gasteiger partial charge < -0.3 is 4.84 Å². The summed E-state index contributed by atoms with van der Waals surface area (Å²) in [5.74, 6) is 2.70. The number of amidine groups is 1. The molecule has 0 unspecified atom stereocenters. The van der Waals surface area contributed by atoms with Crippen LogP contribution >= 0.6 is 0 Å². The standard InChI is InChI=1S/C13H16N2O/c1-10-14-8-9-15(10)16-13-5-3-2-4-12(13)11-6-7-11/h2-5,11H,6-9H2,1H3. The fourth-order valence-corrected chi connectivity index (χ4v) is 2.07. The molecule has 16 heavy (non-hydrogen) atoms. The van der Waals surface area contributed by atoms with E-state index in [1.807, 2.05) is 18.1 Å². The van der Waals surface area contributed by atoms with Gasteiger partial charge in [-0.2, -0.15) is 5.06 Å². The number of nitrogens with zero attached hydrogens (tertiary/aromatic N) is 2. The maximum absolute atomic E-state index is 5.92. The van der Waals surface area contributed by atoms with E-state index in [1.165, 1.54) is 18.4 Å². The first-order valence-corrected chi connectivity index (χ1v) is 5.90. The van der Waals surface area contributed by atoms with Crippen LogP contribution in [0.25, 0.3) is 0 Å². The molecule has 0 aromatic heterocycles. The Morgan fingerprint density at radius 2 is 2.12 bits per heavy atom. The first-order chi connectivity index (χ1) is 7.84. The molecule has 84 valence electrons. The molecular weight excluding hydrogens is 200 g/mol. The van der Waals surface area contributed by atoms with E-state index in [9.17, 15) is 0 Å². The molecule has 1 aromatic rings. The fraction of sp³-hybridized carbons (Fsp3) is 0.462. The summed E-state index contributed by atoms with van der Waals surface area (Å²) in [7, 11) is 0. The van der Waals surface area contributed by atoms with Gasteiger partial charge in [-0.05, 0) is 31.7 Å². The van der Waals surface area contributed by atoms with Crippen molar-refractivity contribution < 1.29 is 4.84 Å². The Labute approximate surface area is 95.7 Å². The van der Waals surface area contributed by atoms with Crippen molar-refractivity contribution in [3.63, 3.8) is 0 Å². The molecule has 0 radical (unpaired) electrons. The van der Waals surface area contributed by atoms with Gasteiger partial charge in [-0.3, -0.25) is 4.99 Å². The largest absolute Gasteiger partial charge is 0.378 e. The van der Waals surface area contributed by atoms with E-state index >= 15 is 0 Å². The van der Waals surface area contributed by atoms with Crippen LogP contribution in [0.1, 0.15) is 31.2 Å². The average Bonchev–Trinajstić information content (AvgIpc) is 3.06. The van der Waals surface area contributed by atoms with Crippen molar-refractivity contribution in [1.82, 2.24) is 5.06 Å². The Morgan fingerprint density at radius 3 is 2.81 bits per heavy atom. The Kier molecular flexibility index (Phi) is 2.31. The van der Waals surface area contributed by atoms with Crippen LogP contribution in [-0.2, 0) is 0 Å². The van der Waals surface area contributed by atoms with Gasteiger partial charge in [0.1, 0.15) is 5.84 Å². The number of hydrogen-bond donors (Lipinski definition) is 0. The van der Waals surface area contributed by atoms with Crippen molar-refractivity contribution >= 4 is 5.84 Å². The summed E-state index contributed by atoms with van der Waals surface area (Å²) in [5, 5.41) is 1.89. The molecule has 0 N–H and O–H groups in total. The van der Waals surface area contributed by atoms with Crippen molar-refractivity contribution in [3.8, 4) is 5.75 Å². The van der Waals surface area contributed by atoms with E-state index in [0.29, 0.717) is 0 Å². The quantitative estimate of drug-likeness (QED) is 0.775. The van der Waals surface area contributed by atoms with Crippen molar-refractivity contribution in [1.29, 1.82) is 0 Å². The highest BCUT2D eigenvalue weighted by Crippen LogP contribution is 2.44. The minimum absolute atomic E-state index is 0.719. The van der Waals surface area contributed by atoms with Crippen molar-refractivity contribution in [2.45, 2.75) is 25.7 Å². The lowest BCUT2D eigenvalue weighted by molar-refractivity contribution is 0.0293. The molecule has 1 aromatic carbocycles. The lowest BCUT2D eigenvalue weighted by atomic mass is 10.1. The highest BCUT2D eigenvalue weighted by atomic mass is 16.7. The topological polar surface area (TPSA) is 24.8 Å². The molecular formula is C13H16N2O. The number of hydroxylamine groups is 2. The van der Waals surface area contributed by atoms with E-state index in [2.05, 4.69) is 23.2 Å². The third kappa shape index (κ3) is 1.77. The molecule has 1 aliphatic heterocycles. The van der Waals surface area contributed by atoms with Crippen LogP contribution in [-0.4, -0.2) is 24.0 Å². The van der Waals surface area contributed by atoms with E-state index < -0.39 is 0 Å². The summed E-state index contributed by atoms with van der Waals surface area (Å²) in [6.45, 7) is 3.70. The Morgan fingerprint density at radius 1 is 1.31 bits per heavy atom. The van der Waals surface area contributed by atoms with Gasteiger partial charge >= 0.3 is 0 Å². The average molecular weight is 216 g/mol. The molecule has 1 saturated carbocycles. The molecule has 3 rings (SSSR count). The third-order valence-corrected chi connectivity index (χ3v) is 3.15. The van der Waals surface area contributed by atoms with Crippen LogP contribution in [0.15, 0.2) is 29.3 Å². The van der Waals surface area contributed by atoms with Crippen molar-refractivity contribution in [2.24, 2.45) is 4.99 Å². The predicted molar refractivity (Wildman–Crippen MR) is 63.7 cm³/mol.